The van der Waals surface area contributed by atoms with Crippen LogP contribution >= 0.6 is 8.60 Å². The SMILES string of the molecule is CCCCC(O)CCCOP(O)OCC[N+]1(C)CCOCC1. The van der Waals surface area contributed by atoms with Gasteiger partial charge in [-0.3, -0.25) is 0 Å². The van der Waals surface area contributed by atoms with Crippen LogP contribution in [0.25, 0.3) is 0 Å². The predicted octanol–water partition coefficient (Wildman–Crippen LogP) is 2.05. The number of rotatable bonds is 12. The van der Waals surface area contributed by atoms with Gasteiger partial charge in [0.1, 0.15) is 26.2 Å². The van der Waals surface area contributed by atoms with Gasteiger partial charge < -0.3 is 28.3 Å². The molecule has 0 aromatic carbocycles. The normalized spacial score (nSPS) is 20.7. The molecule has 0 amide bonds. The maximum absolute atomic E-state index is 9.70. The lowest BCUT2D eigenvalue weighted by molar-refractivity contribution is -0.916. The lowest BCUT2D eigenvalue weighted by atomic mass is 10.1. The van der Waals surface area contributed by atoms with Crippen molar-refractivity contribution in [3.8, 4) is 0 Å². The van der Waals surface area contributed by atoms with Gasteiger partial charge >= 0.3 is 8.60 Å². The molecule has 1 saturated heterocycles. The predicted molar refractivity (Wildman–Crippen MR) is 87.4 cm³/mol. The fraction of sp³-hybridized carbons (Fsp3) is 1.00. The molecule has 0 spiro atoms. The van der Waals surface area contributed by atoms with Gasteiger partial charge in [-0.15, -0.1) is 0 Å². The van der Waals surface area contributed by atoms with Gasteiger partial charge in [0.15, 0.2) is 0 Å². The molecule has 0 bridgehead atoms. The quantitative estimate of drug-likeness (QED) is 0.324. The molecule has 22 heavy (non-hydrogen) atoms. The molecule has 0 aromatic rings. The Morgan fingerprint density at radius 1 is 1.14 bits per heavy atom. The molecule has 6 nitrogen and oxygen atoms in total. The number of nitrogens with zero attached hydrogens (tertiary/aromatic N) is 1. The minimum absolute atomic E-state index is 0.250. The average molecular weight is 338 g/mol. The third kappa shape index (κ3) is 9.36. The van der Waals surface area contributed by atoms with E-state index in [4.69, 9.17) is 13.8 Å². The summed E-state index contributed by atoms with van der Waals surface area (Å²) in [5.41, 5.74) is 0. The summed E-state index contributed by atoms with van der Waals surface area (Å²) >= 11 is 0. The third-order valence-electron chi connectivity index (χ3n) is 4.16. The fourth-order valence-corrected chi connectivity index (χ4v) is 3.03. The highest BCUT2D eigenvalue weighted by Crippen LogP contribution is 2.33. The van der Waals surface area contributed by atoms with Crippen LogP contribution in [0.15, 0.2) is 0 Å². The van der Waals surface area contributed by atoms with Crippen LogP contribution in [0.1, 0.15) is 39.0 Å². The highest BCUT2D eigenvalue weighted by atomic mass is 31.2. The van der Waals surface area contributed by atoms with Crippen LogP contribution in [0.2, 0.25) is 0 Å². The Bertz CT molecular complexity index is 277. The minimum Gasteiger partial charge on any atom is -0.393 e. The van der Waals surface area contributed by atoms with Crippen molar-refractivity contribution in [2.24, 2.45) is 0 Å². The highest BCUT2D eigenvalue weighted by molar-refractivity contribution is 7.40. The topological polar surface area (TPSA) is 68.2 Å². The number of ether oxygens (including phenoxy) is 1. The van der Waals surface area contributed by atoms with Crippen molar-refractivity contribution >= 4 is 8.60 Å². The molecular formula is C15H33NO5P+. The molecule has 1 heterocycles. The average Bonchev–Trinajstić information content (AvgIpc) is 2.50. The van der Waals surface area contributed by atoms with Crippen molar-refractivity contribution in [2.75, 3.05) is 53.1 Å². The van der Waals surface area contributed by atoms with Crippen molar-refractivity contribution in [3.63, 3.8) is 0 Å². The molecule has 0 saturated carbocycles. The third-order valence-corrected chi connectivity index (χ3v) is 4.96. The molecule has 1 rings (SSSR count). The van der Waals surface area contributed by atoms with E-state index in [1.807, 2.05) is 0 Å². The van der Waals surface area contributed by atoms with Crippen LogP contribution in [0.4, 0.5) is 0 Å². The molecule has 1 aliphatic rings. The smallest absolute Gasteiger partial charge is 0.330 e. The van der Waals surface area contributed by atoms with E-state index < -0.39 is 8.60 Å². The Balaban J connectivity index is 1.98. The van der Waals surface area contributed by atoms with E-state index in [2.05, 4.69) is 14.0 Å². The lowest BCUT2D eigenvalue weighted by Gasteiger charge is -2.37. The molecule has 2 atom stereocenters. The molecule has 2 unspecified atom stereocenters. The number of likely N-dealkylation sites (N-methyl/N-ethyl adjacent to an activating group) is 1. The largest absolute Gasteiger partial charge is 0.393 e. The molecular weight excluding hydrogens is 305 g/mol. The zero-order valence-corrected chi connectivity index (χ0v) is 15.0. The highest BCUT2D eigenvalue weighted by Gasteiger charge is 2.25. The van der Waals surface area contributed by atoms with E-state index in [-0.39, 0.29) is 6.10 Å². The molecule has 132 valence electrons. The van der Waals surface area contributed by atoms with Crippen LogP contribution in [0, 0.1) is 0 Å². The summed E-state index contributed by atoms with van der Waals surface area (Å²) in [5.74, 6) is 0. The fourth-order valence-electron chi connectivity index (χ4n) is 2.43. The van der Waals surface area contributed by atoms with Crippen molar-refractivity contribution < 1.29 is 28.3 Å². The number of unbranched alkanes of at least 4 members (excludes halogenated alkanes) is 1. The summed E-state index contributed by atoms with van der Waals surface area (Å²) in [6.07, 6.45) is 4.23. The molecule has 0 aliphatic carbocycles. The summed E-state index contributed by atoms with van der Waals surface area (Å²) in [6, 6.07) is 0. The maximum Gasteiger partial charge on any atom is 0.330 e. The van der Waals surface area contributed by atoms with Gasteiger partial charge in [-0.25, -0.2) is 0 Å². The van der Waals surface area contributed by atoms with E-state index in [9.17, 15) is 10.00 Å². The second-order valence-corrected chi connectivity index (χ2v) is 7.24. The first kappa shape index (κ1) is 20.2. The minimum atomic E-state index is -1.79. The molecule has 1 aliphatic heterocycles. The summed E-state index contributed by atoms with van der Waals surface area (Å²) in [7, 11) is 0.390. The number of hydrogen-bond acceptors (Lipinski definition) is 5. The molecule has 7 heteroatoms. The number of hydrogen-bond donors (Lipinski definition) is 2. The first-order chi connectivity index (χ1) is 10.6. The molecule has 0 radical (unpaired) electrons. The van der Waals surface area contributed by atoms with Crippen LogP contribution in [-0.2, 0) is 13.8 Å². The van der Waals surface area contributed by atoms with Crippen LogP contribution < -0.4 is 0 Å². The Hall–Kier alpha value is 0.190. The second kappa shape index (κ2) is 11.7. The van der Waals surface area contributed by atoms with Crippen LogP contribution in [0.5, 0.6) is 0 Å². The van der Waals surface area contributed by atoms with Gasteiger partial charge in [0.05, 0.1) is 33.0 Å². The van der Waals surface area contributed by atoms with E-state index in [1.165, 1.54) is 0 Å². The Kier molecular flexibility index (Phi) is 10.7. The second-order valence-electron chi connectivity index (χ2n) is 6.25. The monoisotopic (exact) mass is 338 g/mol. The van der Waals surface area contributed by atoms with Gasteiger partial charge in [0, 0.05) is 0 Å². The van der Waals surface area contributed by atoms with Crippen molar-refractivity contribution in [1.82, 2.24) is 0 Å². The van der Waals surface area contributed by atoms with Gasteiger partial charge in [-0.2, -0.15) is 0 Å². The summed E-state index contributed by atoms with van der Waals surface area (Å²) < 4.78 is 16.9. The zero-order valence-electron chi connectivity index (χ0n) is 14.1. The zero-order chi connectivity index (χ0) is 16.3. The Morgan fingerprint density at radius 2 is 1.77 bits per heavy atom. The van der Waals surface area contributed by atoms with Crippen molar-refractivity contribution in [2.45, 2.75) is 45.1 Å². The Labute approximate surface area is 136 Å². The van der Waals surface area contributed by atoms with E-state index in [1.54, 1.807) is 0 Å². The van der Waals surface area contributed by atoms with E-state index in [0.29, 0.717) is 13.2 Å². The van der Waals surface area contributed by atoms with Crippen LogP contribution in [0.3, 0.4) is 0 Å². The summed E-state index contributed by atoms with van der Waals surface area (Å²) in [5, 5.41) is 9.70. The summed E-state index contributed by atoms with van der Waals surface area (Å²) in [6.45, 7) is 7.48. The van der Waals surface area contributed by atoms with Gasteiger partial charge in [0.2, 0.25) is 0 Å². The van der Waals surface area contributed by atoms with Crippen molar-refractivity contribution in [3.05, 3.63) is 0 Å². The molecule has 2 N–H and O–H groups in total. The van der Waals surface area contributed by atoms with Crippen LogP contribution in [-0.4, -0.2) is 73.7 Å². The summed E-state index contributed by atoms with van der Waals surface area (Å²) in [4.78, 5) is 9.70. The lowest BCUT2D eigenvalue weighted by Crippen LogP contribution is -2.53. The molecule has 0 aromatic heterocycles. The first-order valence-electron chi connectivity index (χ1n) is 8.40. The van der Waals surface area contributed by atoms with Gasteiger partial charge in [-0.05, 0) is 19.3 Å². The Morgan fingerprint density at radius 3 is 2.45 bits per heavy atom. The van der Waals surface area contributed by atoms with E-state index in [0.717, 1.165) is 69.4 Å². The number of aliphatic hydroxyl groups excluding tert-OH is 1. The number of morpholine rings is 1. The molecule has 1 fully saturated rings. The maximum atomic E-state index is 9.70. The van der Waals surface area contributed by atoms with Crippen molar-refractivity contribution in [1.29, 1.82) is 0 Å². The number of quaternary nitrogens is 1. The van der Waals surface area contributed by atoms with Gasteiger partial charge in [0.25, 0.3) is 0 Å². The first-order valence-corrected chi connectivity index (χ1v) is 9.53. The standard InChI is InChI=1S/C15H33NO5P/c1-3-4-6-15(17)7-5-11-20-22(18)21-14-10-16(2)8-12-19-13-9-16/h15,17-18H,3-14H2,1-2H3/q+1. The number of aliphatic hydroxyl groups is 1. The van der Waals surface area contributed by atoms with E-state index >= 15 is 0 Å². The van der Waals surface area contributed by atoms with Gasteiger partial charge in [-0.1, -0.05) is 19.8 Å².